The molecule has 0 atom stereocenters. The van der Waals surface area contributed by atoms with Gasteiger partial charge in [-0.25, -0.2) is 0 Å². The maximum Gasteiger partial charge on any atom is 0.241 e. The Labute approximate surface area is 108 Å². The number of hydrogen-bond acceptors (Lipinski definition) is 3. The average Bonchev–Trinajstić information content (AvgIpc) is 2.41. The first-order valence-electron chi connectivity index (χ1n) is 6.54. The second-order valence-corrected chi connectivity index (χ2v) is 4.87. The fourth-order valence-corrected chi connectivity index (χ4v) is 2.22. The molecular weight excluding hydrogens is 226 g/mol. The van der Waals surface area contributed by atoms with Crippen LogP contribution in [0.4, 0.5) is 11.4 Å². The lowest BCUT2D eigenvalue weighted by Crippen LogP contribution is -2.39. The minimum absolute atomic E-state index is 0.184. The van der Waals surface area contributed by atoms with Crippen LogP contribution in [0.5, 0.6) is 0 Å². The highest BCUT2D eigenvalue weighted by molar-refractivity contribution is 5.81. The number of carbonyl (C=O) groups excluding carboxylic acids is 1. The van der Waals surface area contributed by atoms with Crippen molar-refractivity contribution in [2.75, 3.05) is 30.7 Å². The van der Waals surface area contributed by atoms with Gasteiger partial charge in [0.25, 0.3) is 0 Å². The molecule has 1 aliphatic heterocycles. The standard InChI is InChI=1S/C14H21N3O/c1-11-9-12(5-6-13(11)15)16-10-14(18)17-7-3-2-4-8-17/h5-6,9,16H,2-4,7-8,10,15H2,1H3. The number of rotatable bonds is 3. The molecule has 3 N–H and O–H groups in total. The summed E-state index contributed by atoms with van der Waals surface area (Å²) in [6, 6.07) is 5.74. The van der Waals surface area contributed by atoms with Crippen LogP contribution in [0.3, 0.4) is 0 Å². The molecule has 1 saturated heterocycles. The zero-order valence-electron chi connectivity index (χ0n) is 10.9. The van der Waals surface area contributed by atoms with Gasteiger partial charge >= 0.3 is 0 Å². The highest BCUT2D eigenvalue weighted by Crippen LogP contribution is 2.16. The molecule has 1 aromatic carbocycles. The Bertz CT molecular complexity index is 425. The zero-order valence-corrected chi connectivity index (χ0v) is 10.9. The van der Waals surface area contributed by atoms with E-state index in [0.29, 0.717) is 6.54 Å². The summed E-state index contributed by atoms with van der Waals surface area (Å²) in [5.74, 6) is 0.184. The highest BCUT2D eigenvalue weighted by atomic mass is 16.2. The number of aryl methyl sites for hydroxylation is 1. The van der Waals surface area contributed by atoms with E-state index in [-0.39, 0.29) is 5.91 Å². The molecule has 1 amide bonds. The number of nitrogens with two attached hydrogens (primary N) is 1. The number of nitrogens with one attached hydrogen (secondary N) is 1. The van der Waals surface area contributed by atoms with Gasteiger partial charge in [-0.05, 0) is 49.9 Å². The molecule has 0 radical (unpaired) electrons. The second kappa shape index (κ2) is 5.76. The van der Waals surface area contributed by atoms with E-state index in [2.05, 4.69) is 5.32 Å². The average molecular weight is 247 g/mol. The highest BCUT2D eigenvalue weighted by Gasteiger charge is 2.15. The summed E-state index contributed by atoms with van der Waals surface area (Å²) in [4.78, 5) is 13.9. The Morgan fingerprint density at radius 3 is 2.72 bits per heavy atom. The number of benzene rings is 1. The fraction of sp³-hybridized carbons (Fsp3) is 0.500. The molecule has 0 bridgehead atoms. The van der Waals surface area contributed by atoms with Gasteiger partial charge < -0.3 is 16.0 Å². The Morgan fingerprint density at radius 1 is 1.33 bits per heavy atom. The maximum absolute atomic E-state index is 12.0. The van der Waals surface area contributed by atoms with Gasteiger partial charge in [0, 0.05) is 24.5 Å². The van der Waals surface area contributed by atoms with Crippen molar-refractivity contribution in [1.82, 2.24) is 4.90 Å². The van der Waals surface area contributed by atoms with Gasteiger partial charge in [0.05, 0.1) is 6.54 Å². The van der Waals surface area contributed by atoms with Gasteiger partial charge in [-0.1, -0.05) is 0 Å². The minimum Gasteiger partial charge on any atom is -0.399 e. The molecule has 18 heavy (non-hydrogen) atoms. The lowest BCUT2D eigenvalue weighted by atomic mass is 10.1. The second-order valence-electron chi connectivity index (χ2n) is 4.87. The maximum atomic E-state index is 12.0. The minimum atomic E-state index is 0.184. The van der Waals surface area contributed by atoms with E-state index in [9.17, 15) is 4.79 Å². The van der Waals surface area contributed by atoms with E-state index in [1.165, 1.54) is 6.42 Å². The molecule has 1 heterocycles. The molecule has 4 heteroatoms. The van der Waals surface area contributed by atoms with Crippen LogP contribution >= 0.6 is 0 Å². The molecule has 0 unspecified atom stereocenters. The van der Waals surface area contributed by atoms with Crippen molar-refractivity contribution >= 4 is 17.3 Å². The SMILES string of the molecule is Cc1cc(NCC(=O)N2CCCCC2)ccc1N. The van der Waals surface area contributed by atoms with Gasteiger partial charge in [-0.2, -0.15) is 0 Å². The predicted octanol–water partition coefficient (Wildman–Crippen LogP) is 2.00. The summed E-state index contributed by atoms with van der Waals surface area (Å²) in [5, 5.41) is 3.16. The third-order valence-electron chi connectivity index (χ3n) is 3.42. The number of carbonyl (C=O) groups is 1. The Balaban J connectivity index is 1.86. The van der Waals surface area contributed by atoms with E-state index in [1.807, 2.05) is 30.0 Å². The number of hydrogen-bond donors (Lipinski definition) is 2. The molecule has 0 aliphatic carbocycles. The molecule has 4 nitrogen and oxygen atoms in total. The number of piperidine rings is 1. The Kier molecular flexibility index (Phi) is 4.07. The third-order valence-corrected chi connectivity index (χ3v) is 3.42. The van der Waals surface area contributed by atoms with E-state index >= 15 is 0 Å². The van der Waals surface area contributed by atoms with Crippen molar-refractivity contribution in [2.45, 2.75) is 26.2 Å². The Hall–Kier alpha value is -1.71. The predicted molar refractivity (Wildman–Crippen MR) is 74.5 cm³/mol. The zero-order chi connectivity index (χ0) is 13.0. The lowest BCUT2D eigenvalue weighted by molar-refractivity contribution is -0.130. The molecule has 2 rings (SSSR count). The van der Waals surface area contributed by atoms with Crippen LogP contribution in [0.2, 0.25) is 0 Å². The number of anilines is 2. The molecule has 0 saturated carbocycles. The Morgan fingerprint density at radius 2 is 2.06 bits per heavy atom. The summed E-state index contributed by atoms with van der Waals surface area (Å²) >= 11 is 0. The van der Waals surface area contributed by atoms with Gasteiger partial charge in [0.15, 0.2) is 0 Å². The fourth-order valence-electron chi connectivity index (χ4n) is 2.22. The number of nitrogens with zero attached hydrogens (tertiary/aromatic N) is 1. The largest absolute Gasteiger partial charge is 0.399 e. The van der Waals surface area contributed by atoms with Crippen LogP contribution in [-0.2, 0) is 4.79 Å². The normalized spacial score (nSPS) is 15.5. The van der Waals surface area contributed by atoms with Crippen molar-refractivity contribution in [2.24, 2.45) is 0 Å². The van der Waals surface area contributed by atoms with E-state index in [4.69, 9.17) is 5.73 Å². The van der Waals surface area contributed by atoms with Crippen LogP contribution < -0.4 is 11.1 Å². The third kappa shape index (κ3) is 3.15. The summed E-state index contributed by atoms with van der Waals surface area (Å²) in [6.45, 7) is 4.14. The quantitative estimate of drug-likeness (QED) is 0.803. The summed E-state index contributed by atoms with van der Waals surface area (Å²) < 4.78 is 0. The number of nitrogen functional groups attached to an aromatic ring is 1. The molecule has 1 aliphatic rings. The lowest BCUT2D eigenvalue weighted by Gasteiger charge is -2.26. The molecular formula is C14H21N3O. The number of amides is 1. The van der Waals surface area contributed by atoms with Crippen molar-refractivity contribution in [3.05, 3.63) is 23.8 Å². The molecule has 1 aromatic rings. The van der Waals surface area contributed by atoms with Crippen LogP contribution in [0.15, 0.2) is 18.2 Å². The van der Waals surface area contributed by atoms with Crippen LogP contribution in [0, 0.1) is 6.92 Å². The van der Waals surface area contributed by atoms with E-state index in [1.54, 1.807) is 0 Å². The van der Waals surface area contributed by atoms with Gasteiger partial charge in [0.2, 0.25) is 5.91 Å². The van der Waals surface area contributed by atoms with Gasteiger partial charge in [0.1, 0.15) is 0 Å². The smallest absolute Gasteiger partial charge is 0.241 e. The van der Waals surface area contributed by atoms with Crippen molar-refractivity contribution < 1.29 is 4.79 Å². The molecule has 98 valence electrons. The van der Waals surface area contributed by atoms with E-state index in [0.717, 1.165) is 42.9 Å². The summed E-state index contributed by atoms with van der Waals surface area (Å²) in [5.41, 5.74) is 8.52. The van der Waals surface area contributed by atoms with Gasteiger partial charge in [-0.15, -0.1) is 0 Å². The summed E-state index contributed by atoms with van der Waals surface area (Å²) in [7, 11) is 0. The molecule has 0 aromatic heterocycles. The van der Waals surface area contributed by atoms with E-state index < -0.39 is 0 Å². The summed E-state index contributed by atoms with van der Waals surface area (Å²) in [6.07, 6.45) is 3.51. The van der Waals surface area contributed by atoms with Crippen molar-refractivity contribution in [3.63, 3.8) is 0 Å². The van der Waals surface area contributed by atoms with Crippen LogP contribution in [-0.4, -0.2) is 30.4 Å². The topological polar surface area (TPSA) is 58.4 Å². The first-order chi connectivity index (χ1) is 8.66. The van der Waals surface area contributed by atoms with Crippen molar-refractivity contribution in [1.29, 1.82) is 0 Å². The first-order valence-corrected chi connectivity index (χ1v) is 6.54. The van der Waals surface area contributed by atoms with Crippen LogP contribution in [0.1, 0.15) is 24.8 Å². The number of likely N-dealkylation sites (tertiary alicyclic amines) is 1. The first kappa shape index (κ1) is 12.7. The molecule has 0 spiro atoms. The van der Waals surface area contributed by atoms with Gasteiger partial charge in [-0.3, -0.25) is 4.79 Å². The molecule has 1 fully saturated rings. The van der Waals surface area contributed by atoms with Crippen molar-refractivity contribution in [3.8, 4) is 0 Å². The monoisotopic (exact) mass is 247 g/mol. The van der Waals surface area contributed by atoms with Crippen LogP contribution in [0.25, 0.3) is 0 Å².